The molecular formula is C30H41NO8. The lowest BCUT2D eigenvalue weighted by Gasteiger charge is -2.37. The summed E-state index contributed by atoms with van der Waals surface area (Å²) >= 11 is 0. The molecule has 0 spiro atoms. The molecular weight excluding hydrogens is 502 g/mol. The monoisotopic (exact) mass is 543 g/mol. The first-order valence-corrected chi connectivity index (χ1v) is 14.2. The second-order valence-corrected chi connectivity index (χ2v) is 9.98. The Morgan fingerprint density at radius 2 is 1.74 bits per heavy atom. The van der Waals surface area contributed by atoms with Crippen molar-refractivity contribution in [1.82, 2.24) is 4.90 Å². The highest BCUT2D eigenvalue weighted by Crippen LogP contribution is 2.38. The Bertz CT molecular complexity index is 1140. The lowest BCUT2D eigenvalue weighted by molar-refractivity contribution is -0.172. The topological polar surface area (TPSA) is 108 Å². The van der Waals surface area contributed by atoms with E-state index in [2.05, 4.69) is 0 Å². The van der Waals surface area contributed by atoms with Crippen molar-refractivity contribution < 1.29 is 33.3 Å². The van der Waals surface area contributed by atoms with Crippen LogP contribution in [-0.2, 0) is 23.7 Å². The number of fused-ring (bicyclic) bond motifs is 1. The maximum atomic E-state index is 13.7. The van der Waals surface area contributed by atoms with Crippen LogP contribution in [0.3, 0.4) is 0 Å². The first-order valence-electron chi connectivity index (χ1n) is 14.2. The Kier molecular flexibility index (Phi) is 11.4. The van der Waals surface area contributed by atoms with E-state index in [0.29, 0.717) is 62.5 Å². The third-order valence-corrected chi connectivity index (χ3v) is 7.34. The molecule has 3 atom stereocenters. The van der Waals surface area contributed by atoms with Gasteiger partial charge in [0.1, 0.15) is 5.58 Å². The second kappa shape index (κ2) is 15.2. The van der Waals surface area contributed by atoms with Gasteiger partial charge in [0, 0.05) is 43.7 Å². The fourth-order valence-corrected chi connectivity index (χ4v) is 5.32. The number of carbonyl (C=O) groups is 1. The Morgan fingerprint density at radius 3 is 2.49 bits per heavy atom. The third-order valence-electron chi connectivity index (χ3n) is 7.34. The van der Waals surface area contributed by atoms with Gasteiger partial charge < -0.3 is 33.4 Å². The largest absolute Gasteiger partial charge is 0.464 e. The Hall–Kier alpha value is -2.72. The number of ether oxygens (including phenoxy) is 4. The van der Waals surface area contributed by atoms with Crippen LogP contribution >= 0.6 is 0 Å². The fourth-order valence-electron chi connectivity index (χ4n) is 5.32. The molecule has 214 valence electrons. The van der Waals surface area contributed by atoms with E-state index in [1.165, 1.54) is 12.7 Å². The molecule has 0 aliphatic carbocycles. The van der Waals surface area contributed by atoms with Gasteiger partial charge in [-0.3, -0.25) is 9.59 Å². The number of rotatable bonds is 12. The summed E-state index contributed by atoms with van der Waals surface area (Å²) in [4.78, 5) is 29.2. The second-order valence-electron chi connectivity index (χ2n) is 9.98. The molecule has 1 saturated heterocycles. The van der Waals surface area contributed by atoms with Gasteiger partial charge in [0.15, 0.2) is 11.2 Å². The van der Waals surface area contributed by atoms with Gasteiger partial charge in [-0.05, 0) is 44.4 Å². The van der Waals surface area contributed by atoms with E-state index in [1.54, 1.807) is 18.2 Å². The zero-order valence-electron chi connectivity index (χ0n) is 22.8. The summed E-state index contributed by atoms with van der Waals surface area (Å²) in [6.07, 6.45) is 8.45. The Labute approximate surface area is 229 Å². The molecule has 9 nitrogen and oxygen atoms in total. The number of benzene rings is 1. The van der Waals surface area contributed by atoms with Crippen molar-refractivity contribution >= 4 is 16.9 Å². The van der Waals surface area contributed by atoms with Gasteiger partial charge in [-0.25, -0.2) is 0 Å². The molecule has 0 bridgehead atoms. The highest BCUT2D eigenvalue weighted by molar-refractivity contribution is 5.92. The lowest BCUT2D eigenvalue weighted by atomic mass is 9.81. The number of likely N-dealkylation sites (tertiary alicyclic amines) is 1. The van der Waals surface area contributed by atoms with Crippen LogP contribution in [0.15, 0.2) is 51.6 Å². The summed E-state index contributed by atoms with van der Waals surface area (Å²) in [5, 5.41) is 9.35. The predicted octanol–water partition coefficient (Wildman–Crippen LogP) is 3.98. The predicted molar refractivity (Wildman–Crippen MR) is 146 cm³/mol. The number of aliphatic hydroxyl groups excluding tert-OH is 1. The van der Waals surface area contributed by atoms with E-state index in [4.69, 9.17) is 28.5 Å². The highest BCUT2D eigenvalue weighted by atomic mass is 16.7. The molecule has 1 fully saturated rings. The third kappa shape index (κ3) is 7.69. The van der Waals surface area contributed by atoms with Crippen LogP contribution in [0, 0.1) is 5.92 Å². The minimum Gasteiger partial charge on any atom is -0.464 e. The number of hydrogen-bond donors (Lipinski definition) is 1. The SMILES string of the molecule is CCOC1OC(C(=O)N2CCCCCCC2)=CC(c2coc3ccccc3c2=O)C1CCOCCOCCO. The molecule has 1 aromatic heterocycles. The summed E-state index contributed by atoms with van der Waals surface area (Å²) in [5.41, 5.74) is 0.857. The van der Waals surface area contributed by atoms with Crippen LogP contribution in [0.4, 0.5) is 0 Å². The van der Waals surface area contributed by atoms with Gasteiger partial charge in [-0.1, -0.05) is 31.4 Å². The highest BCUT2D eigenvalue weighted by Gasteiger charge is 2.40. The quantitative estimate of drug-likeness (QED) is 0.401. The first-order chi connectivity index (χ1) is 19.1. The van der Waals surface area contributed by atoms with Crippen molar-refractivity contribution in [3.63, 3.8) is 0 Å². The van der Waals surface area contributed by atoms with Crippen molar-refractivity contribution in [2.45, 2.75) is 57.7 Å². The van der Waals surface area contributed by atoms with Gasteiger partial charge in [0.25, 0.3) is 5.91 Å². The molecule has 2 aliphatic heterocycles. The van der Waals surface area contributed by atoms with Gasteiger partial charge in [0.2, 0.25) is 6.29 Å². The van der Waals surface area contributed by atoms with Crippen molar-refractivity contribution in [3.05, 3.63) is 58.2 Å². The van der Waals surface area contributed by atoms with E-state index >= 15 is 0 Å². The number of carbonyl (C=O) groups excluding carboxylic acids is 1. The molecule has 39 heavy (non-hydrogen) atoms. The fraction of sp³-hybridized carbons (Fsp3) is 0.600. The van der Waals surface area contributed by atoms with Gasteiger partial charge in [-0.2, -0.15) is 0 Å². The summed E-state index contributed by atoms with van der Waals surface area (Å²) in [5.74, 6) is -0.677. The average Bonchev–Trinajstić information content (AvgIpc) is 2.93. The molecule has 2 aliphatic rings. The number of para-hydroxylation sites is 1. The van der Waals surface area contributed by atoms with E-state index in [0.717, 1.165) is 25.7 Å². The molecule has 2 aromatic rings. The number of aliphatic hydroxyl groups is 1. The standard InChI is InChI=1S/C30H41NO8/c1-2-37-30-22(12-16-35-18-19-36-17-15-32)24(25-21-38-26-11-7-6-10-23(26)28(25)33)20-27(39-30)29(34)31-13-8-4-3-5-9-14-31/h6-7,10-11,20-22,24,30,32H,2-5,8-9,12-19H2,1H3. The molecule has 9 heteroatoms. The summed E-state index contributed by atoms with van der Waals surface area (Å²) in [6, 6.07) is 7.16. The van der Waals surface area contributed by atoms with Crippen LogP contribution < -0.4 is 5.43 Å². The zero-order valence-corrected chi connectivity index (χ0v) is 22.8. The van der Waals surface area contributed by atoms with Crippen LogP contribution in [-0.4, -0.2) is 74.9 Å². The molecule has 0 saturated carbocycles. The van der Waals surface area contributed by atoms with E-state index in [9.17, 15) is 9.59 Å². The smallest absolute Gasteiger partial charge is 0.288 e. The molecule has 0 radical (unpaired) electrons. The maximum absolute atomic E-state index is 13.7. The van der Waals surface area contributed by atoms with E-state index in [-0.39, 0.29) is 36.2 Å². The summed E-state index contributed by atoms with van der Waals surface area (Å²) < 4.78 is 29.2. The minimum atomic E-state index is -0.723. The van der Waals surface area contributed by atoms with Crippen LogP contribution in [0.1, 0.15) is 56.9 Å². The van der Waals surface area contributed by atoms with Gasteiger partial charge in [0.05, 0.1) is 38.1 Å². The first kappa shape index (κ1) is 29.3. The molecule has 3 heterocycles. The van der Waals surface area contributed by atoms with Crippen molar-refractivity contribution in [1.29, 1.82) is 0 Å². The normalized spacial score (nSPS) is 22.2. The maximum Gasteiger partial charge on any atom is 0.288 e. The zero-order chi connectivity index (χ0) is 27.5. The molecule has 1 aromatic carbocycles. The van der Waals surface area contributed by atoms with Gasteiger partial charge >= 0.3 is 0 Å². The molecule has 3 unspecified atom stereocenters. The van der Waals surface area contributed by atoms with Crippen molar-refractivity contribution in [2.24, 2.45) is 5.92 Å². The molecule has 1 amide bonds. The van der Waals surface area contributed by atoms with Crippen LogP contribution in [0.25, 0.3) is 11.0 Å². The molecule has 1 N–H and O–H groups in total. The lowest BCUT2D eigenvalue weighted by Crippen LogP contribution is -2.42. The summed E-state index contributed by atoms with van der Waals surface area (Å²) in [6.45, 7) is 5.04. The van der Waals surface area contributed by atoms with Crippen molar-refractivity contribution in [3.8, 4) is 0 Å². The summed E-state index contributed by atoms with van der Waals surface area (Å²) in [7, 11) is 0. The van der Waals surface area contributed by atoms with Gasteiger partial charge in [-0.15, -0.1) is 0 Å². The number of hydrogen-bond acceptors (Lipinski definition) is 8. The minimum absolute atomic E-state index is 0.0315. The van der Waals surface area contributed by atoms with E-state index in [1.807, 2.05) is 24.0 Å². The van der Waals surface area contributed by atoms with E-state index < -0.39 is 12.2 Å². The van der Waals surface area contributed by atoms with Crippen molar-refractivity contribution in [2.75, 3.05) is 52.7 Å². The Balaban J connectivity index is 1.63. The van der Waals surface area contributed by atoms with Crippen LogP contribution in [0.2, 0.25) is 0 Å². The van der Waals surface area contributed by atoms with Crippen LogP contribution in [0.5, 0.6) is 0 Å². The number of nitrogens with zero attached hydrogens (tertiary/aromatic N) is 1. The number of amides is 1. The number of allylic oxidation sites excluding steroid dienone is 1. The Morgan fingerprint density at radius 1 is 1.03 bits per heavy atom. The molecule has 4 rings (SSSR count). The average molecular weight is 544 g/mol.